The van der Waals surface area contributed by atoms with E-state index in [2.05, 4.69) is 9.47 Å². The molecule has 0 radical (unpaired) electrons. The standard InChI is InChI=1S/C14H11F13O4/c1-3-30-7(28)6(8(29)31-4-2)5-9(15,16)10(17,18)11(19,20)12(21,22)13(23,24)14(25,26)27/h5H,3-4H2,1-2H3. The van der Waals surface area contributed by atoms with Crippen molar-refractivity contribution in [2.24, 2.45) is 0 Å². The molecule has 0 atom stereocenters. The van der Waals surface area contributed by atoms with E-state index in [4.69, 9.17) is 0 Å². The minimum absolute atomic E-state index is 0.719. The number of rotatable bonds is 9. The number of carbonyl (C=O) groups excluding carboxylic acids is 2. The Bertz CT molecular complexity index is 689. The van der Waals surface area contributed by atoms with Gasteiger partial charge >= 0.3 is 47.7 Å². The molecule has 0 fully saturated rings. The zero-order valence-corrected chi connectivity index (χ0v) is 15.0. The molecule has 0 aliphatic carbocycles. The van der Waals surface area contributed by atoms with Gasteiger partial charge < -0.3 is 9.47 Å². The molecule has 0 aromatic carbocycles. The highest BCUT2D eigenvalue weighted by molar-refractivity contribution is 6.14. The third kappa shape index (κ3) is 4.83. The van der Waals surface area contributed by atoms with E-state index in [0.29, 0.717) is 0 Å². The van der Waals surface area contributed by atoms with E-state index < -0.39 is 72.6 Å². The Kier molecular flexibility index (Phi) is 8.09. The maximum absolute atomic E-state index is 13.8. The second kappa shape index (κ2) is 8.72. The molecule has 0 rings (SSSR count). The first-order valence-corrected chi connectivity index (χ1v) is 7.59. The lowest BCUT2D eigenvalue weighted by Gasteiger charge is -2.39. The quantitative estimate of drug-likeness (QED) is 0.154. The maximum atomic E-state index is 13.8. The molecule has 182 valence electrons. The molecule has 0 aromatic heterocycles. The van der Waals surface area contributed by atoms with Crippen LogP contribution in [0.4, 0.5) is 57.1 Å². The number of ether oxygens (including phenoxy) is 2. The van der Waals surface area contributed by atoms with Gasteiger partial charge in [0.05, 0.1) is 13.2 Å². The monoisotopic (exact) mass is 490 g/mol. The van der Waals surface area contributed by atoms with Crippen LogP contribution < -0.4 is 0 Å². The van der Waals surface area contributed by atoms with Crippen LogP contribution in [0.25, 0.3) is 0 Å². The molecule has 0 heterocycles. The van der Waals surface area contributed by atoms with Gasteiger partial charge in [-0.05, 0) is 13.8 Å². The fourth-order valence-corrected chi connectivity index (χ4v) is 1.67. The summed E-state index contributed by atoms with van der Waals surface area (Å²) >= 11 is 0. The first-order valence-electron chi connectivity index (χ1n) is 7.59. The largest absolute Gasteiger partial charge is 0.462 e. The van der Waals surface area contributed by atoms with E-state index in [0.717, 1.165) is 13.8 Å². The van der Waals surface area contributed by atoms with E-state index in [1.165, 1.54) is 0 Å². The van der Waals surface area contributed by atoms with Crippen LogP contribution in [0.15, 0.2) is 11.6 Å². The number of hydrogen-bond acceptors (Lipinski definition) is 4. The summed E-state index contributed by atoms with van der Waals surface area (Å²) in [5, 5.41) is 0. The molecule has 0 spiro atoms. The van der Waals surface area contributed by atoms with Crippen LogP contribution in [0.2, 0.25) is 0 Å². The molecule has 4 nitrogen and oxygen atoms in total. The van der Waals surface area contributed by atoms with Gasteiger partial charge in [0.2, 0.25) is 0 Å². The summed E-state index contributed by atoms with van der Waals surface area (Å²) in [6.45, 7) is 0.538. The van der Waals surface area contributed by atoms with Crippen LogP contribution in [0.1, 0.15) is 13.8 Å². The van der Waals surface area contributed by atoms with Crippen molar-refractivity contribution < 1.29 is 76.1 Å². The molecular weight excluding hydrogens is 479 g/mol. The Balaban J connectivity index is 6.68. The van der Waals surface area contributed by atoms with Crippen molar-refractivity contribution in [3.8, 4) is 0 Å². The van der Waals surface area contributed by atoms with Crippen LogP contribution in [0, 0.1) is 0 Å². The molecule has 0 aliphatic heterocycles. The van der Waals surface area contributed by atoms with Gasteiger partial charge in [0.1, 0.15) is 5.57 Å². The summed E-state index contributed by atoms with van der Waals surface area (Å²) in [6.07, 6.45) is -9.21. The Hall–Kier alpha value is -2.23. The fraction of sp³-hybridized carbons (Fsp3) is 0.714. The average molecular weight is 490 g/mol. The first-order chi connectivity index (χ1) is 13.6. The van der Waals surface area contributed by atoms with E-state index in [-0.39, 0.29) is 0 Å². The first kappa shape index (κ1) is 28.8. The highest BCUT2D eigenvalue weighted by atomic mass is 19.4. The molecule has 31 heavy (non-hydrogen) atoms. The lowest BCUT2D eigenvalue weighted by atomic mass is 9.93. The molecule has 0 unspecified atom stereocenters. The maximum Gasteiger partial charge on any atom is 0.460 e. The van der Waals surface area contributed by atoms with Crippen LogP contribution in [-0.4, -0.2) is 60.9 Å². The predicted molar refractivity (Wildman–Crippen MR) is 72.1 cm³/mol. The van der Waals surface area contributed by atoms with Gasteiger partial charge in [-0.25, -0.2) is 9.59 Å². The van der Waals surface area contributed by atoms with Crippen molar-refractivity contribution in [3.63, 3.8) is 0 Å². The number of carbonyl (C=O) groups is 2. The minimum Gasteiger partial charge on any atom is -0.462 e. The molecule has 0 saturated heterocycles. The van der Waals surface area contributed by atoms with Crippen LogP contribution in [-0.2, 0) is 19.1 Å². The second-order valence-corrected chi connectivity index (χ2v) is 5.42. The van der Waals surface area contributed by atoms with E-state index in [1.807, 2.05) is 0 Å². The number of alkyl halides is 13. The average Bonchev–Trinajstić information content (AvgIpc) is 2.58. The van der Waals surface area contributed by atoms with Gasteiger partial charge in [-0.15, -0.1) is 0 Å². The zero-order valence-electron chi connectivity index (χ0n) is 15.0. The summed E-state index contributed by atoms with van der Waals surface area (Å²) in [5.74, 6) is -42.9. The van der Waals surface area contributed by atoms with Gasteiger partial charge in [-0.1, -0.05) is 0 Å². The summed E-state index contributed by atoms with van der Waals surface area (Å²) in [4.78, 5) is 22.9. The molecule has 0 aromatic rings. The van der Waals surface area contributed by atoms with Gasteiger partial charge in [-0.3, -0.25) is 0 Å². The molecule has 0 N–H and O–H groups in total. The van der Waals surface area contributed by atoms with Crippen LogP contribution in [0.5, 0.6) is 0 Å². The van der Waals surface area contributed by atoms with E-state index in [1.54, 1.807) is 0 Å². The van der Waals surface area contributed by atoms with Crippen molar-refractivity contribution in [2.75, 3.05) is 13.2 Å². The summed E-state index contributed by atoms with van der Waals surface area (Å²) < 4.78 is 177. The Labute approximate surface area is 163 Å². The van der Waals surface area contributed by atoms with Gasteiger partial charge in [0.25, 0.3) is 0 Å². The molecule has 0 bridgehead atoms. The van der Waals surface area contributed by atoms with Gasteiger partial charge in [0, 0.05) is 6.08 Å². The summed E-state index contributed by atoms with van der Waals surface area (Å²) in [5.41, 5.74) is -2.24. The molecule has 0 saturated carbocycles. The van der Waals surface area contributed by atoms with Gasteiger partial charge in [0.15, 0.2) is 0 Å². The van der Waals surface area contributed by atoms with Crippen molar-refractivity contribution >= 4 is 11.9 Å². The van der Waals surface area contributed by atoms with Gasteiger partial charge in [-0.2, -0.15) is 57.1 Å². The summed E-state index contributed by atoms with van der Waals surface area (Å²) in [7, 11) is 0. The third-order valence-corrected chi connectivity index (χ3v) is 3.27. The number of hydrogen-bond donors (Lipinski definition) is 0. The third-order valence-electron chi connectivity index (χ3n) is 3.27. The highest BCUT2D eigenvalue weighted by Crippen LogP contribution is 2.60. The Morgan fingerprint density at radius 3 is 1.23 bits per heavy atom. The van der Waals surface area contributed by atoms with Crippen molar-refractivity contribution in [2.45, 2.75) is 49.6 Å². The number of allylic oxidation sites excluding steroid dienone is 1. The minimum atomic E-state index is -8.10. The molecule has 0 aliphatic rings. The lowest BCUT2D eigenvalue weighted by molar-refractivity contribution is -0.436. The van der Waals surface area contributed by atoms with Crippen molar-refractivity contribution in [1.29, 1.82) is 0 Å². The summed E-state index contributed by atoms with van der Waals surface area (Å²) in [6, 6.07) is 0. The normalized spacial score (nSPS) is 14.2. The number of esters is 2. The smallest absolute Gasteiger partial charge is 0.460 e. The predicted octanol–water partition coefficient (Wildman–Crippen LogP) is 4.78. The van der Waals surface area contributed by atoms with Crippen LogP contribution in [0.3, 0.4) is 0 Å². The lowest BCUT2D eigenvalue weighted by Crippen LogP contribution is -2.69. The van der Waals surface area contributed by atoms with Crippen LogP contribution >= 0.6 is 0 Å². The topological polar surface area (TPSA) is 52.6 Å². The molecule has 17 heteroatoms. The Morgan fingerprint density at radius 1 is 0.613 bits per heavy atom. The highest BCUT2D eigenvalue weighted by Gasteiger charge is 2.90. The zero-order chi connectivity index (χ0) is 25.3. The van der Waals surface area contributed by atoms with E-state index in [9.17, 15) is 66.7 Å². The van der Waals surface area contributed by atoms with Crippen molar-refractivity contribution in [3.05, 3.63) is 11.6 Å². The Morgan fingerprint density at radius 2 is 0.935 bits per heavy atom. The van der Waals surface area contributed by atoms with Crippen molar-refractivity contribution in [1.82, 2.24) is 0 Å². The van der Waals surface area contributed by atoms with E-state index >= 15 is 0 Å². The number of halogens is 13. The molecular formula is C14H11F13O4. The molecule has 0 amide bonds. The fourth-order valence-electron chi connectivity index (χ4n) is 1.67. The SMILES string of the molecule is CCOC(=O)C(=CC(F)(F)C(F)(F)C(F)(F)C(F)(F)C(F)(F)C(F)(F)F)C(=O)OCC. The second-order valence-electron chi connectivity index (χ2n) is 5.42.